The molecule has 0 radical (unpaired) electrons. The first-order valence-electron chi connectivity index (χ1n) is 7.22. The molecule has 0 saturated carbocycles. The quantitative estimate of drug-likeness (QED) is 0.587. The molecule has 0 fully saturated rings. The van der Waals surface area contributed by atoms with Crippen LogP contribution in [0, 0.1) is 0 Å². The van der Waals surface area contributed by atoms with Crippen LogP contribution in [0.25, 0.3) is 0 Å². The lowest BCUT2D eigenvalue weighted by molar-refractivity contribution is 0.113. The van der Waals surface area contributed by atoms with Gasteiger partial charge in [0.2, 0.25) is 0 Å². The van der Waals surface area contributed by atoms with Gasteiger partial charge in [-0.25, -0.2) is 0 Å². The van der Waals surface area contributed by atoms with Crippen LogP contribution in [0.1, 0.15) is 50.8 Å². The molecule has 0 aliphatic rings. The summed E-state index contributed by atoms with van der Waals surface area (Å²) in [4.78, 5) is 2.25. The van der Waals surface area contributed by atoms with Gasteiger partial charge in [-0.2, -0.15) is 0 Å². The molecular formula is C16H29N3. The Bertz CT molecular complexity index is 389. The molecule has 19 heavy (non-hydrogen) atoms. The zero-order valence-electron chi connectivity index (χ0n) is 13.0. The Balaban J connectivity index is 3.11. The Morgan fingerprint density at radius 1 is 1.32 bits per heavy atom. The van der Waals surface area contributed by atoms with Crippen LogP contribution in [0.4, 0.5) is 0 Å². The molecule has 0 spiro atoms. The number of likely N-dealkylation sites (N-methyl/N-ethyl adjacent to an activating group) is 1. The Labute approximate surface area is 118 Å². The second-order valence-corrected chi connectivity index (χ2v) is 5.70. The fourth-order valence-electron chi connectivity index (χ4n) is 2.63. The molecule has 3 N–H and O–H groups in total. The van der Waals surface area contributed by atoms with Gasteiger partial charge in [-0.1, -0.05) is 44.5 Å². The number of rotatable bonds is 7. The molecule has 108 valence electrons. The molecule has 3 heteroatoms. The van der Waals surface area contributed by atoms with E-state index in [4.69, 9.17) is 5.84 Å². The minimum absolute atomic E-state index is 0.000409. The molecule has 0 saturated heterocycles. The van der Waals surface area contributed by atoms with Crippen molar-refractivity contribution in [1.29, 1.82) is 0 Å². The third kappa shape index (κ3) is 3.56. The average Bonchev–Trinajstić information content (AvgIpc) is 2.40. The van der Waals surface area contributed by atoms with Crippen molar-refractivity contribution in [2.75, 3.05) is 14.1 Å². The molecule has 0 bridgehead atoms. The highest BCUT2D eigenvalue weighted by Gasteiger charge is 2.35. The molecule has 2 unspecified atom stereocenters. The first-order chi connectivity index (χ1) is 8.99. The zero-order valence-corrected chi connectivity index (χ0v) is 13.0. The summed E-state index contributed by atoms with van der Waals surface area (Å²) in [6, 6.07) is 8.91. The first-order valence-corrected chi connectivity index (χ1v) is 7.22. The molecule has 0 amide bonds. The zero-order chi connectivity index (χ0) is 14.5. The molecule has 1 aromatic rings. The van der Waals surface area contributed by atoms with Gasteiger partial charge in [0.15, 0.2) is 0 Å². The van der Waals surface area contributed by atoms with Gasteiger partial charge in [0.1, 0.15) is 0 Å². The van der Waals surface area contributed by atoms with Crippen molar-refractivity contribution in [3.63, 3.8) is 0 Å². The molecule has 1 aromatic carbocycles. The largest absolute Gasteiger partial charge is 0.302 e. The number of aryl methyl sites for hydroxylation is 1. The van der Waals surface area contributed by atoms with Crippen molar-refractivity contribution in [2.45, 2.75) is 51.6 Å². The van der Waals surface area contributed by atoms with Gasteiger partial charge in [0.25, 0.3) is 0 Å². The summed E-state index contributed by atoms with van der Waals surface area (Å²) in [5, 5.41) is 0. The molecule has 3 nitrogen and oxygen atoms in total. The Morgan fingerprint density at radius 2 is 2.00 bits per heavy atom. The highest BCUT2D eigenvalue weighted by molar-refractivity contribution is 5.28. The minimum Gasteiger partial charge on any atom is -0.302 e. The van der Waals surface area contributed by atoms with Crippen molar-refractivity contribution < 1.29 is 0 Å². The topological polar surface area (TPSA) is 41.3 Å². The first kappa shape index (κ1) is 16.2. The minimum atomic E-state index is -0.000409. The van der Waals surface area contributed by atoms with Gasteiger partial charge in [0, 0.05) is 5.54 Å². The monoisotopic (exact) mass is 263 g/mol. The van der Waals surface area contributed by atoms with Crippen molar-refractivity contribution in [3.05, 3.63) is 35.4 Å². The van der Waals surface area contributed by atoms with E-state index in [-0.39, 0.29) is 11.6 Å². The number of nitrogens with zero attached hydrogens (tertiary/aromatic N) is 1. The lowest BCUT2D eigenvalue weighted by atomic mass is 9.83. The second kappa shape index (κ2) is 7.04. The fraction of sp³-hybridized carbons (Fsp3) is 0.625. The number of hydrogen-bond acceptors (Lipinski definition) is 3. The summed E-state index contributed by atoms with van der Waals surface area (Å²) in [7, 11) is 4.23. The summed E-state index contributed by atoms with van der Waals surface area (Å²) in [5.74, 6) is 5.85. The number of hydrazine groups is 1. The van der Waals surface area contributed by atoms with Gasteiger partial charge in [0.05, 0.1) is 6.04 Å². The number of nitrogens with one attached hydrogen (secondary N) is 1. The van der Waals surface area contributed by atoms with Gasteiger partial charge in [-0.3, -0.25) is 11.3 Å². The summed E-state index contributed by atoms with van der Waals surface area (Å²) in [5.41, 5.74) is 5.67. The van der Waals surface area contributed by atoms with Crippen LogP contribution in [0.3, 0.4) is 0 Å². The van der Waals surface area contributed by atoms with Crippen LogP contribution >= 0.6 is 0 Å². The predicted molar refractivity (Wildman–Crippen MR) is 82.9 cm³/mol. The van der Waals surface area contributed by atoms with Crippen LogP contribution < -0.4 is 11.3 Å². The van der Waals surface area contributed by atoms with E-state index in [1.165, 1.54) is 17.5 Å². The van der Waals surface area contributed by atoms with Crippen LogP contribution in [0.5, 0.6) is 0 Å². The van der Waals surface area contributed by atoms with Crippen molar-refractivity contribution in [1.82, 2.24) is 10.3 Å². The number of nitrogens with two attached hydrogens (primary N) is 1. The normalized spacial score (nSPS) is 16.4. The maximum Gasteiger partial charge on any atom is 0.0641 e. The van der Waals surface area contributed by atoms with Crippen LogP contribution in [-0.2, 0) is 6.42 Å². The average molecular weight is 263 g/mol. The Kier molecular flexibility index (Phi) is 5.98. The lowest BCUT2D eigenvalue weighted by Crippen LogP contribution is -2.53. The summed E-state index contributed by atoms with van der Waals surface area (Å²) in [6.45, 7) is 6.67. The van der Waals surface area contributed by atoms with Gasteiger partial charge in [-0.15, -0.1) is 0 Å². The SMILES string of the molecule is CCCc1cccc(C(NN)C(C)(CC)N(C)C)c1. The van der Waals surface area contributed by atoms with Gasteiger partial charge < -0.3 is 4.90 Å². The van der Waals surface area contributed by atoms with E-state index < -0.39 is 0 Å². The molecule has 0 heterocycles. The van der Waals surface area contributed by atoms with Gasteiger partial charge in [-0.05, 0) is 45.0 Å². The van der Waals surface area contributed by atoms with Crippen molar-refractivity contribution >= 4 is 0 Å². The predicted octanol–water partition coefficient (Wildman–Crippen LogP) is 2.87. The molecule has 2 atom stereocenters. The standard InChI is InChI=1S/C16H29N3/c1-6-9-13-10-8-11-14(12-13)15(18-17)16(3,7-2)19(4)5/h8,10-12,15,18H,6-7,9,17H2,1-5H3. The van der Waals surface area contributed by atoms with E-state index in [0.29, 0.717) is 0 Å². The van der Waals surface area contributed by atoms with Crippen LogP contribution in [-0.4, -0.2) is 24.5 Å². The summed E-state index contributed by atoms with van der Waals surface area (Å²) >= 11 is 0. The number of benzene rings is 1. The van der Waals surface area contributed by atoms with Crippen LogP contribution in [0.15, 0.2) is 24.3 Å². The summed E-state index contributed by atoms with van der Waals surface area (Å²) in [6.07, 6.45) is 3.33. The third-order valence-corrected chi connectivity index (χ3v) is 4.35. The lowest BCUT2D eigenvalue weighted by Gasteiger charge is -2.42. The second-order valence-electron chi connectivity index (χ2n) is 5.70. The Hall–Kier alpha value is -0.900. The van der Waals surface area contributed by atoms with E-state index in [0.717, 1.165) is 12.8 Å². The Morgan fingerprint density at radius 3 is 2.47 bits per heavy atom. The maximum atomic E-state index is 5.85. The van der Waals surface area contributed by atoms with E-state index in [1.54, 1.807) is 0 Å². The van der Waals surface area contributed by atoms with E-state index >= 15 is 0 Å². The van der Waals surface area contributed by atoms with E-state index in [9.17, 15) is 0 Å². The third-order valence-electron chi connectivity index (χ3n) is 4.35. The van der Waals surface area contributed by atoms with E-state index in [1.807, 2.05) is 0 Å². The highest BCUT2D eigenvalue weighted by Crippen LogP contribution is 2.32. The van der Waals surface area contributed by atoms with Gasteiger partial charge >= 0.3 is 0 Å². The molecule has 1 rings (SSSR count). The van der Waals surface area contributed by atoms with Crippen molar-refractivity contribution in [2.24, 2.45) is 5.84 Å². The maximum absolute atomic E-state index is 5.85. The number of hydrogen-bond donors (Lipinski definition) is 2. The molecular weight excluding hydrogens is 234 g/mol. The van der Waals surface area contributed by atoms with Crippen molar-refractivity contribution in [3.8, 4) is 0 Å². The molecule has 0 aliphatic heterocycles. The van der Waals surface area contributed by atoms with E-state index in [2.05, 4.69) is 69.5 Å². The fourth-order valence-corrected chi connectivity index (χ4v) is 2.63. The van der Waals surface area contributed by atoms with Crippen LogP contribution in [0.2, 0.25) is 0 Å². The molecule has 0 aliphatic carbocycles. The molecule has 0 aromatic heterocycles. The highest BCUT2D eigenvalue weighted by atomic mass is 15.3. The summed E-state index contributed by atoms with van der Waals surface area (Å²) < 4.78 is 0. The smallest absolute Gasteiger partial charge is 0.0641 e.